The first-order valence-electron chi connectivity index (χ1n) is 7.71. The fourth-order valence-electron chi connectivity index (χ4n) is 2.77. The first-order chi connectivity index (χ1) is 11.5. The van der Waals surface area contributed by atoms with Gasteiger partial charge in [-0.1, -0.05) is 6.07 Å². The minimum Gasteiger partial charge on any atom is -0.309 e. The lowest BCUT2D eigenvalue weighted by atomic mass is 10.0. The number of halogens is 2. The Morgan fingerprint density at radius 3 is 2.83 bits per heavy atom. The highest BCUT2D eigenvalue weighted by Crippen LogP contribution is 2.34. The average molecular weight is 327 g/mol. The second-order valence-electron chi connectivity index (χ2n) is 6.12. The van der Waals surface area contributed by atoms with Gasteiger partial charge in [-0.25, -0.2) is 13.8 Å². The number of aryl methyl sites for hydroxylation is 1. The minimum atomic E-state index is -1.04. The van der Waals surface area contributed by atoms with Gasteiger partial charge in [-0.2, -0.15) is 0 Å². The average Bonchev–Trinajstić information content (AvgIpc) is 3.15. The number of rotatable bonds is 3. The van der Waals surface area contributed by atoms with Crippen LogP contribution in [0.1, 0.15) is 12.0 Å². The topological polar surface area (TPSA) is 46.4 Å². The van der Waals surface area contributed by atoms with E-state index in [1.165, 1.54) is 12.1 Å². The highest BCUT2D eigenvalue weighted by atomic mass is 19.1. The molecule has 4 nitrogen and oxygen atoms in total. The predicted molar refractivity (Wildman–Crippen MR) is 87.0 cm³/mol. The zero-order valence-corrected chi connectivity index (χ0v) is 13.0. The standard InChI is InChI=1S/C18H15F2N3O/c1-10-2-4-12(19)6-13(10)11-3-5-17-21-16(9-23(17)8-11)22-18(24)14-7-15(14)20/h2-6,8-9,14-15H,7H2,1H3,(H,22,24)/t14-,15+/m1/s1. The molecule has 0 aliphatic heterocycles. The summed E-state index contributed by atoms with van der Waals surface area (Å²) in [7, 11) is 0. The minimum absolute atomic E-state index is 0.280. The fourth-order valence-corrected chi connectivity index (χ4v) is 2.77. The summed E-state index contributed by atoms with van der Waals surface area (Å²) in [6.45, 7) is 1.92. The third-order valence-electron chi connectivity index (χ3n) is 4.26. The molecule has 1 N–H and O–H groups in total. The first-order valence-corrected chi connectivity index (χ1v) is 7.71. The van der Waals surface area contributed by atoms with Crippen molar-refractivity contribution >= 4 is 17.4 Å². The van der Waals surface area contributed by atoms with Crippen LogP contribution >= 0.6 is 0 Å². The zero-order chi connectivity index (χ0) is 16.8. The van der Waals surface area contributed by atoms with E-state index in [0.29, 0.717) is 11.5 Å². The van der Waals surface area contributed by atoms with Gasteiger partial charge in [0.1, 0.15) is 17.6 Å². The molecule has 2 aromatic heterocycles. The van der Waals surface area contributed by atoms with Crippen LogP contribution in [0, 0.1) is 18.7 Å². The summed E-state index contributed by atoms with van der Waals surface area (Å²) >= 11 is 0. The molecule has 24 heavy (non-hydrogen) atoms. The number of hydrogen-bond donors (Lipinski definition) is 1. The molecule has 0 radical (unpaired) electrons. The van der Waals surface area contributed by atoms with Crippen molar-refractivity contribution in [3.63, 3.8) is 0 Å². The van der Waals surface area contributed by atoms with Gasteiger partial charge in [-0.15, -0.1) is 0 Å². The second-order valence-corrected chi connectivity index (χ2v) is 6.12. The maximum atomic E-state index is 13.5. The number of nitrogens with zero attached hydrogens (tertiary/aromatic N) is 2. The molecule has 0 spiro atoms. The summed E-state index contributed by atoms with van der Waals surface area (Å²) in [5.41, 5.74) is 3.26. The van der Waals surface area contributed by atoms with Gasteiger partial charge in [0.25, 0.3) is 0 Å². The third kappa shape index (κ3) is 2.64. The van der Waals surface area contributed by atoms with E-state index in [1.807, 2.05) is 19.2 Å². The number of fused-ring (bicyclic) bond motifs is 1. The normalized spacial score (nSPS) is 19.5. The monoisotopic (exact) mass is 327 g/mol. The fraction of sp³-hybridized carbons (Fsp3) is 0.222. The quantitative estimate of drug-likeness (QED) is 0.796. The van der Waals surface area contributed by atoms with Gasteiger partial charge in [0.05, 0.1) is 12.1 Å². The van der Waals surface area contributed by atoms with E-state index < -0.39 is 12.1 Å². The molecule has 6 heteroatoms. The van der Waals surface area contributed by atoms with Crippen LogP contribution in [-0.4, -0.2) is 21.5 Å². The predicted octanol–water partition coefficient (Wildman–Crippen LogP) is 3.75. The lowest BCUT2D eigenvalue weighted by Gasteiger charge is -2.06. The highest BCUT2D eigenvalue weighted by molar-refractivity contribution is 5.94. The molecule has 1 aliphatic carbocycles. The number of anilines is 1. The molecule has 1 saturated carbocycles. The van der Waals surface area contributed by atoms with E-state index in [2.05, 4.69) is 10.3 Å². The van der Waals surface area contributed by atoms with Crippen LogP contribution in [0.25, 0.3) is 16.8 Å². The van der Waals surface area contributed by atoms with E-state index >= 15 is 0 Å². The molecule has 1 aliphatic rings. The van der Waals surface area contributed by atoms with Crippen LogP contribution in [-0.2, 0) is 4.79 Å². The highest BCUT2D eigenvalue weighted by Gasteiger charge is 2.43. The molecule has 1 fully saturated rings. The van der Waals surface area contributed by atoms with Crippen molar-refractivity contribution in [2.24, 2.45) is 5.92 Å². The van der Waals surface area contributed by atoms with E-state index in [9.17, 15) is 13.6 Å². The molecule has 1 aromatic carbocycles. The number of benzene rings is 1. The Balaban J connectivity index is 1.66. The molecule has 122 valence electrons. The van der Waals surface area contributed by atoms with Crippen LogP contribution in [0.5, 0.6) is 0 Å². The molecule has 2 atom stereocenters. The van der Waals surface area contributed by atoms with Gasteiger partial charge in [0.15, 0.2) is 5.82 Å². The number of hydrogen-bond acceptors (Lipinski definition) is 2. The summed E-state index contributed by atoms with van der Waals surface area (Å²) in [5, 5.41) is 2.63. The van der Waals surface area contributed by atoms with Gasteiger partial charge in [0, 0.05) is 6.20 Å². The number of pyridine rings is 1. The first kappa shape index (κ1) is 14.8. The molecule has 4 rings (SSSR count). The molecule has 0 unspecified atom stereocenters. The Hall–Kier alpha value is -2.76. The van der Waals surface area contributed by atoms with Crippen molar-refractivity contribution in [1.29, 1.82) is 0 Å². The molecule has 0 bridgehead atoms. The van der Waals surface area contributed by atoms with Crippen LogP contribution < -0.4 is 5.32 Å². The van der Waals surface area contributed by atoms with Crippen LogP contribution in [0.4, 0.5) is 14.6 Å². The number of amides is 1. The number of imidazole rings is 1. The SMILES string of the molecule is Cc1ccc(F)cc1-c1ccc2nc(NC(=O)[C@@H]3C[C@@H]3F)cn2c1. The largest absolute Gasteiger partial charge is 0.309 e. The van der Waals surface area contributed by atoms with Crippen molar-refractivity contribution in [3.8, 4) is 11.1 Å². The molecule has 3 aromatic rings. The Morgan fingerprint density at radius 1 is 1.29 bits per heavy atom. The molecule has 0 saturated heterocycles. The Kier molecular flexibility index (Phi) is 3.33. The van der Waals surface area contributed by atoms with Crippen LogP contribution in [0.3, 0.4) is 0 Å². The summed E-state index contributed by atoms with van der Waals surface area (Å²) in [4.78, 5) is 16.1. The van der Waals surface area contributed by atoms with E-state index in [0.717, 1.165) is 16.7 Å². The van der Waals surface area contributed by atoms with Gasteiger partial charge in [-0.05, 0) is 54.3 Å². The number of alkyl halides is 1. The summed E-state index contributed by atoms with van der Waals surface area (Å²) in [6, 6.07) is 8.30. The summed E-state index contributed by atoms with van der Waals surface area (Å²) < 4.78 is 28.2. The maximum Gasteiger partial charge on any atom is 0.231 e. The van der Waals surface area contributed by atoms with Gasteiger partial charge in [-0.3, -0.25) is 4.79 Å². The van der Waals surface area contributed by atoms with Crippen molar-refractivity contribution in [3.05, 3.63) is 54.1 Å². The molecular weight excluding hydrogens is 312 g/mol. The number of carbonyl (C=O) groups is 1. The summed E-state index contributed by atoms with van der Waals surface area (Å²) in [5.74, 6) is -0.806. The maximum absolute atomic E-state index is 13.5. The molecular formula is C18H15F2N3O. The lowest BCUT2D eigenvalue weighted by Crippen LogP contribution is -2.15. The third-order valence-corrected chi connectivity index (χ3v) is 4.26. The van der Waals surface area contributed by atoms with E-state index in [1.54, 1.807) is 22.7 Å². The number of nitrogens with one attached hydrogen (secondary N) is 1. The van der Waals surface area contributed by atoms with Crippen molar-refractivity contribution in [2.75, 3.05) is 5.32 Å². The smallest absolute Gasteiger partial charge is 0.231 e. The molecule has 2 heterocycles. The number of aromatic nitrogens is 2. The van der Waals surface area contributed by atoms with Crippen LogP contribution in [0.15, 0.2) is 42.7 Å². The van der Waals surface area contributed by atoms with Gasteiger partial charge in [0.2, 0.25) is 5.91 Å². The van der Waals surface area contributed by atoms with Crippen molar-refractivity contribution < 1.29 is 13.6 Å². The number of carbonyl (C=O) groups excluding carboxylic acids is 1. The Bertz CT molecular complexity index is 951. The Labute approximate surface area is 137 Å². The van der Waals surface area contributed by atoms with Crippen molar-refractivity contribution in [1.82, 2.24) is 9.38 Å². The van der Waals surface area contributed by atoms with E-state index in [-0.39, 0.29) is 18.1 Å². The van der Waals surface area contributed by atoms with Crippen molar-refractivity contribution in [2.45, 2.75) is 19.5 Å². The lowest BCUT2D eigenvalue weighted by molar-refractivity contribution is -0.117. The zero-order valence-electron chi connectivity index (χ0n) is 13.0. The molecule has 1 amide bonds. The summed E-state index contributed by atoms with van der Waals surface area (Å²) in [6.07, 6.45) is 2.74. The van der Waals surface area contributed by atoms with Gasteiger partial charge >= 0.3 is 0 Å². The Morgan fingerprint density at radius 2 is 2.08 bits per heavy atom. The second kappa shape index (κ2) is 5.40. The van der Waals surface area contributed by atoms with E-state index in [4.69, 9.17) is 0 Å². The van der Waals surface area contributed by atoms with Crippen LogP contribution in [0.2, 0.25) is 0 Å². The van der Waals surface area contributed by atoms with Gasteiger partial charge < -0.3 is 9.72 Å².